The number of rotatable bonds is 6. The quantitative estimate of drug-likeness (QED) is 0.685. The summed E-state index contributed by atoms with van der Waals surface area (Å²) in [5, 5.41) is 14.7. The van der Waals surface area contributed by atoms with E-state index in [1.54, 1.807) is 0 Å². The van der Waals surface area contributed by atoms with Crippen LogP contribution in [0.3, 0.4) is 0 Å². The van der Waals surface area contributed by atoms with Crippen LogP contribution >= 0.6 is 0 Å². The van der Waals surface area contributed by atoms with Gasteiger partial charge in [-0.3, -0.25) is 14.4 Å². The van der Waals surface area contributed by atoms with Gasteiger partial charge in [0.15, 0.2) is 0 Å². The molecule has 1 rings (SSSR count). The Balaban J connectivity index is 2.56. The van der Waals surface area contributed by atoms with Crippen LogP contribution in [0.2, 0.25) is 0 Å². The highest BCUT2D eigenvalue weighted by Gasteiger charge is 2.32. The van der Waals surface area contributed by atoms with E-state index in [1.807, 2.05) is 13.8 Å². The van der Waals surface area contributed by atoms with Crippen molar-refractivity contribution in [2.45, 2.75) is 52.5 Å². The van der Waals surface area contributed by atoms with Crippen LogP contribution < -0.4 is 10.6 Å². The molecular formula is C15H26N2O4. The van der Waals surface area contributed by atoms with Gasteiger partial charge in [0.05, 0.1) is 5.92 Å². The second-order valence-electron chi connectivity index (χ2n) is 6.16. The fourth-order valence-electron chi connectivity index (χ4n) is 2.87. The van der Waals surface area contributed by atoms with Gasteiger partial charge in [-0.15, -0.1) is 0 Å². The summed E-state index contributed by atoms with van der Waals surface area (Å²) < 4.78 is 0. The molecule has 0 aromatic rings. The van der Waals surface area contributed by atoms with Crippen LogP contribution in [0.4, 0.5) is 0 Å². The molecule has 1 aliphatic rings. The summed E-state index contributed by atoms with van der Waals surface area (Å²) in [6.07, 6.45) is 3.43. The maximum Gasteiger partial charge on any atom is 0.306 e. The number of amides is 2. The summed E-state index contributed by atoms with van der Waals surface area (Å²) in [5.74, 6) is -1.69. The van der Waals surface area contributed by atoms with Crippen LogP contribution in [0.1, 0.15) is 46.5 Å². The Bertz CT molecular complexity index is 395. The van der Waals surface area contributed by atoms with Crippen molar-refractivity contribution < 1.29 is 19.5 Å². The molecule has 120 valence electrons. The molecule has 0 saturated heterocycles. The Morgan fingerprint density at radius 1 is 1.19 bits per heavy atom. The SMILES string of the molecule is CC(=O)NC(C(=O)NCC1CCCCC1C(=O)O)C(C)C. The van der Waals surface area contributed by atoms with Crippen molar-refractivity contribution in [2.75, 3.05) is 6.54 Å². The van der Waals surface area contributed by atoms with Gasteiger partial charge in [-0.2, -0.15) is 0 Å². The van der Waals surface area contributed by atoms with E-state index in [9.17, 15) is 19.5 Å². The average Bonchev–Trinajstić information content (AvgIpc) is 2.41. The predicted molar refractivity (Wildman–Crippen MR) is 78.5 cm³/mol. The first-order valence-electron chi connectivity index (χ1n) is 7.60. The lowest BCUT2D eigenvalue weighted by atomic mass is 9.79. The minimum atomic E-state index is -0.781. The van der Waals surface area contributed by atoms with Crippen LogP contribution in [0, 0.1) is 17.8 Å². The summed E-state index contributed by atoms with van der Waals surface area (Å²) in [7, 11) is 0. The average molecular weight is 298 g/mol. The molecule has 0 spiro atoms. The highest BCUT2D eigenvalue weighted by atomic mass is 16.4. The van der Waals surface area contributed by atoms with Gasteiger partial charge in [0.2, 0.25) is 11.8 Å². The maximum absolute atomic E-state index is 12.2. The van der Waals surface area contributed by atoms with Crippen molar-refractivity contribution in [3.05, 3.63) is 0 Å². The number of carboxylic acids is 1. The third-order valence-corrected chi connectivity index (χ3v) is 4.07. The molecule has 0 radical (unpaired) electrons. The van der Waals surface area contributed by atoms with Gasteiger partial charge < -0.3 is 15.7 Å². The first-order valence-corrected chi connectivity index (χ1v) is 7.60. The van der Waals surface area contributed by atoms with Gasteiger partial charge in [0.25, 0.3) is 0 Å². The number of nitrogens with one attached hydrogen (secondary N) is 2. The summed E-state index contributed by atoms with van der Waals surface area (Å²) in [6.45, 7) is 5.46. The Kier molecular flexibility index (Phi) is 6.65. The molecule has 3 N–H and O–H groups in total. The van der Waals surface area contributed by atoms with E-state index in [4.69, 9.17) is 0 Å². The third kappa shape index (κ3) is 5.36. The van der Waals surface area contributed by atoms with Gasteiger partial charge in [-0.05, 0) is 24.7 Å². The fourth-order valence-corrected chi connectivity index (χ4v) is 2.87. The lowest BCUT2D eigenvalue weighted by molar-refractivity contribution is -0.145. The highest BCUT2D eigenvalue weighted by Crippen LogP contribution is 2.29. The molecule has 0 bridgehead atoms. The summed E-state index contributed by atoms with van der Waals surface area (Å²) in [6, 6.07) is -0.575. The number of carbonyl (C=O) groups excluding carboxylic acids is 2. The maximum atomic E-state index is 12.2. The van der Waals surface area contributed by atoms with Crippen LogP contribution in [0.25, 0.3) is 0 Å². The molecule has 1 fully saturated rings. The van der Waals surface area contributed by atoms with E-state index in [0.29, 0.717) is 13.0 Å². The zero-order valence-electron chi connectivity index (χ0n) is 13.0. The van der Waals surface area contributed by atoms with Gasteiger partial charge in [0.1, 0.15) is 6.04 Å². The third-order valence-electron chi connectivity index (χ3n) is 4.07. The van der Waals surface area contributed by atoms with Crippen LogP contribution in [-0.2, 0) is 14.4 Å². The summed E-state index contributed by atoms with van der Waals surface area (Å²) >= 11 is 0. The second kappa shape index (κ2) is 8.00. The molecule has 6 nitrogen and oxygen atoms in total. The Hall–Kier alpha value is -1.59. The standard InChI is InChI=1S/C15H26N2O4/c1-9(2)13(17-10(3)18)14(19)16-8-11-6-4-5-7-12(11)15(20)21/h9,11-13H,4-8H2,1-3H3,(H,16,19)(H,17,18)(H,20,21). The van der Waals surface area contributed by atoms with Crippen molar-refractivity contribution in [3.8, 4) is 0 Å². The van der Waals surface area contributed by atoms with Gasteiger partial charge in [-0.1, -0.05) is 26.7 Å². The van der Waals surface area contributed by atoms with Crippen molar-refractivity contribution in [1.82, 2.24) is 10.6 Å². The molecule has 6 heteroatoms. The Morgan fingerprint density at radius 3 is 2.33 bits per heavy atom. The monoisotopic (exact) mass is 298 g/mol. The molecule has 0 aliphatic heterocycles. The first-order chi connectivity index (χ1) is 9.82. The lowest BCUT2D eigenvalue weighted by Crippen LogP contribution is -2.50. The fraction of sp³-hybridized carbons (Fsp3) is 0.800. The predicted octanol–water partition coefficient (Wildman–Crippen LogP) is 1.15. The van der Waals surface area contributed by atoms with E-state index in [0.717, 1.165) is 19.3 Å². The number of carbonyl (C=O) groups is 3. The van der Waals surface area contributed by atoms with E-state index < -0.39 is 12.0 Å². The van der Waals surface area contributed by atoms with Crippen LogP contribution in [-0.4, -0.2) is 35.5 Å². The van der Waals surface area contributed by atoms with E-state index >= 15 is 0 Å². The first kappa shape index (κ1) is 17.5. The molecule has 0 aromatic heterocycles. The molecule has 2 amide bonds. The van der Waals surface area contributed by atoms with Crippen LogP contribution in [0.15, 0.2) is 0 Å². The molecule has 0 heterocycles. The van der Waals surface area contributed by atoms with Gasteiger partial charge >= 0.3 is 5.97 Å². The number of hydrogen-bond donors (Lipinski definition) is 3. The van der Waals surface area contributed by atoms with E-state index in [2.05, 4.69) is 10.6 Å². The van der Waals surface area contributed by atoms with Crippen molar-refractivity contribution >= 4 is 17.8 Å². The van der Waals surface area contributed by atoms with E-state index in [1.165, 1.54) is 6.92 Å². The van der Waals surface area contributed by atoms with Crippen molar-refractivity contribution in [3.63, 3.8) is 0 Å². The minimum Gasteiger partial charge on any atom is -0.481 e. The summed E-state index contributed by atoms with van der Waals surface area (Å²) in [5.41, 5.74) is 0. The Morgan fingerprint density at radius 2 is 1.81 bits per heavy atom. The van der Waals surface area contributed by atoms with Gasteiger partial charge in [0, 0.05) is 13.5 Å². The zero-order valence-corrected chi connectivity index (χ0v) is 13.0. The lowest BCUT2D eigenvalue weighted by Gasteiger charge is -2.29. The molecule has 1 saturated carbocycles. The molecule has 21 heavy (non-hydrogen) atoms. The number of carboxylic acid groups (broad SMARTS) is 1. The number of aliphatic carboxylic acids is 1. The minimum absolute atomic E-state index is 0.0180. The molecular weight excluding hydrogens is 272 g/mol. The smallest absolute Gasteiger partial charge is 0.306 e. The number of hydrogen-bond acceptors (Lipinski definition) is 3. The normalized spacial score (nSPS) is 23.4. The molecule has 3 atom stereocenters. The van der Waals surface area contributed by atoms with Crippen molar-refractivity contribution in [2.24, 2.45) is 17.8 Å². The second-order valence-corrected chi connectivity index (χ2v) is 6.16. The molecule has 0 aromatic carbocycles. The highest BCUT2D eigenvalue weighted by molar-refractivity contribution is 5.87. The Labute approximate surface area is 125 Å². The van der Waals surface area contributed by atoms with Crippen molar-refractivity contribution in [1.29, 1.82) is 0 Å². The van der Waals surface area contributed by atoms with Crippen LogP contribution in [0.5, 0.6) is 0 Å². The molecule has 3 unspecified atom stereocenters. The largest absolute Gasteiger partial charge is 0.481 e. The summed E-state index contributed by atoms with van der Waals surface area (Å²) in [4.78, 5) is 34.5. The van der Waals surface area contributed by atoms with Gasteiger partial charge in [-0.25, -0.2) is 0 Å². The topological polar surface area (TPSA) is 95.5 Å². The molecule has 1 aliphatic carbocycles. The van der Waals surface area contributed by atoms with E-state index in [-0.39, 0.29) is 29.6 Å². The zero-order chi connectivity index (χ0) is 16.0.